The number of piperazine rings is 1. The molecular formula is C23H23F8N3O4. The zero-order chi connectivity index (χ0) is 28.0. The monoisotopic (exact) mass is 557 g/mol. The zero-order valence-electron chi connectivity index (χ0n) is 19.6. The zero-order valence-corrected chi connectivity index (χ0v) is 19.6. The van der Waals surface area contributed by atoms with E-state index in [9.17, 15) is 49.5 Å². The Bertz CT molecular complexity index is 1070. The standard InChI is InChI=1S/C23H23F8N3O4/c24-17(25)13-3-7-15(8-4-13)33-10-16(35)34(9-12-1-5-14(6-2-12)22(26,27)28)21(19(33)36)11-32-18(21)38-20(37)23(29,30)31/h1-2,5-6,13,15,17-18,32H,3-4,7-11H2/t13-,15-,18?,21?. The molecule has 2 atom stereocenters. The van der Waals surface area contributed by atoms with Crippen LogP contribution < -0.4 is 5.32 Å². The predicted octanol–water partition coefficient (Wildman–Crippen LogP) is 3.47. The molecule has 210 valence electrons. The summed E-state index contributed by atoms with van der Waals surface area (Å²) in [6.07, 6.45) is -14.0. The molecule has 1 spiro atoms. The number of esters is 1. The number of nitrogens with zero attached hydrogens (tertiary/aromatic N) is 2. The third-order valence-electron chi connectivity index (χ3n) is 7.33. The minimum Gasteiger partial charge on any atom is -0.437 e. The summed E-state index contributed by atoms with van der Waals surface area (Å²) in [5, 5.41) is 2.42. The molecule has 2 saturated heterocycles. The second-order valence-electron chi connectivity index (χ2n) is 9.60. The molecular weight excluding hydrogens is 534 g/mol. The van der Waals surface area contributed by atoms with Gasteiger partial charge in [0.05, 0.1) is 5.56 Å². The number of hydrogen-bond donors (Lipinski definition) is 1. The minimum absolute atomic E-state index is 0.0767. The molecule has 1 saturated carbocycles. The minimum atomic E-state index is -5.40. The fourth-order valence-electron chi connectivity index (χ4n) is 5.18. The smallest absolute Gasteiger partial charge is 0.437 e. The summed E-state index contributed by atoms with van der Waals surface area (Å²) in [6.45, 7) is -1.35. The molecule has 4 rings (SSSR count). The normalized spacial score (nSPS) is 28.6. The van der Waals surface area contributed by atoms with E-state index >= 15 is 0 Å². The number of ether oxygens (including phenoxy) is 1. The van der Waals surface area contributed by atoms with Gasteiger partial charge < -0.3 is 14.5 Å². The summed E-state index contributed by atoms with van der Waals surface area (Å²) in [7, 11) is 0. The highest BCUT2D eigenvalue weighted by molar-refractivity contribution is 6.00. The topological polar surface area (TPSA) is 79.0 Å². The molecule has 2 amide bonds. The number of benzene rings is 1. The second kappa shape index (κ2) is 9.97. The molecule has 1 aliphatic carbocycles. The van der Waals surface area contributed by atoms with Crippen molar-refractivity contribution in [3.8, 4) is 0 Å². The predicted molar refractivity (Wildman–Crippen MR) is 112 cm³/mol. The average Bonchev–Trinajstić information content (AvgIpc) is 2.83. The average molecular weight is 557 g/mol. The van der Waals surface area contributed by atoms with Gasteiger partial charge in [-0.15, -0.1) is 0 Å². The third-order valence-corrected chi connectivity index (χ3v) is 7.33. The van der Waals surface area contributed by atoms with Gasteiger partial charge in [-0.1, -0.05) is 12.1 Å². The van der Waals surface area contributed by atoms with Gasteiger partial charge in [0.2, 0.25) is 12.3 Å². The van der Waals surface area contributed by atoms with Crippen LogP contribution in [-0.4, -0.2) is 71.1 Å². The van der Waals surface area contributed by atoms with E-state index < -0.39 is 85.5 Å². The van der Waals surface area contributed by atoms with Crippen molar-refractivity contribution in [3.05, 3.63) is 35.4 Å². The maximum Gasteiger partial charge on any atom is 0.490 e. The number of rotatable bonds is 5. The van der Waals surface area contributed by atoms with Gasteiger partial charge in [0.1, 0.15) is 6.54 Å². The van der Waals surface area contributed by atoms with Gasteiger partial charge in [0.25, 0.3) is 5.91 Å². The lowest BCUT2D eigenvalue weighted by molar-refractivity contribution is -0.229. The van der Waals surface area contributed by atoms with Crippen molar-refractivity contribution in [2.45, 2.75) is 68.8 Å². The highest BCUT2D eigenvalue weighted by Crippen LogP contribution is 2.40. The van der Waals surface area contributed by atoms with Crippen LogP contribution in [-0.2, 0) is 31.8 Å². The molecule has 3 fully saturated rings. The van der Waals surface area contributed by atoms with Crippen molar-refractivity contribution < 1.29 is 54.2 Å². The van der Waals surface area contributed by atoms with Gasteiger partial charge in [0, 0.05) is 25.0 Å². The molecule has 38 heavy (non-hydrogen) atoms. The molecule has 1 aromatic rings. The Morgan fingerprint density at radius 2 is 1.63 bits per heavy atom. The Morgan fingerprint density at radius 3 is 2.11 bits per heavy atom. The Labute approximate surface area is 211 Å². The van der Waals surface area contributed by atoms with E-state index in [0.29, 0.717) is 0 Å². The largest absolute Gasteiger partial charge is 0.490 e. The number of nitrogens with one attached hydrogen (secondary N) is 1. The van der Waals surface area contributed by atoms with Crippen LogP contribution in [0.1, 0.15) is 36.8 Å². The highest BCUT2D eigenvalue weighted by Gasteiger charge is 2.66. The van der Waals surface area contributed by atoms with Crippen molar-refractivity contribution in [3.63, 3.8) is 0 Å². The molecule has 2 aliphatic heterocycles. The van der Waals surface area contributed by atoms with E-state index in [2.05, 4.69) is 10.1 Å². The molecule has 0 aromatic heterocycles. The third kappa shape index (κ3) is 5.16. The molecule has 0 radical (unpaired) electrons. The fraction of sp³-hybridized carbons (Fsp3) is 0.609. The second-order valence-corrected chi connectivity index (χ2v) is 9.60. The fourth-order valence-corrected chi connectivity index (χ4v) is 5.18. The molecule has 2 heterocycles. The molecule has 1 N–H and O–H groups in total. The maximum atomic E-state index is 13.7. The molecule has 2 unspecified atom stereocenters. The Kier molecular flexibility index (Phi) is 7.36. The van der Waals surface area contributed by atoms with E-state index in [-0.39, 0.29) is 31.2 Å². The highest BCUT2D eigenvalue weighted by atomic mass is 19.4. The summed E-state index contributed by atoms with van der Waals surface area (Å²) in [5.74, 6) is -5.05. The number of halogens is 8. The summed E-state index contributed by atoms with van der Waals surface area (Å²) in [6, 6.07) is 3.01. The maximum absolute atomic E-state index is 13.7. The van der Waals surface area contributed by atoms with E-state index in [4.69, 9.17) is 0 Å². The molecule has 1 aromatic carbocycles. The van der Waals surface area contributed by atoms with E-state index in [1.54, 1.807) is 0 Å². The van der Waals surface area contributed by atoms with Gasteiger partial charge in [-0.25, -0.2) is 13.6 Å². The number of amides is 2. The lowest BCUT2D eigenvalue weighted by Crippen LogP contribution is -2.85. The molecule has 15 heteroatoms. The molecule has 0 bridgehead atoms. The van der Waals surface area contributed by atoms with Crippen molar-refractivity contribution >= 4 is 17.8 Å². The number of carbonyl (C=O) groups excluding carboxylic acids is 3. The van der Waals surface area contributed by atoms with Crippen LogP contribution in [0, 0.1) is 5.92 Å². The Balaban J connectivity index is 1.62. The lowest BCUT2D eigenvalue weighted by Gasteiger charge is -2.58. The van der Waals surface area contributed by atoms with Crippen molar-refractivity contribution in [1.29, 1.82) is 0 Å². The Hall–Kier alpha value is -2.97. The first kappa shape index (κ1) is 28.0. The number of hydrogen-bond acceptors (Lipinski definition) is 5. The summed E-state index contributed by atoms with van der Waals surface area (Å²) < 4.78 is 108. The van der Waals surface area contributed by atoms with Crippen LogP contribution in [0.15, 0.2) is 24.3 Å². The van der Waals surface area contributed by atoms with Crippen LogP contribution >= 0.6 is 0 Å². The van der Waals surface area contributed by atoms with Crippen molar-refractivity contribution in [1.82, 2.24) is 15.1 Å². The van der Waals surface area contributed by atoms with Gasteiger partial charge in [-0.05, 0) is 43.4 Å². The molecule has 7 nitrogen and oxygen atoms in total. The first-order valence-electron chi connectivity index (χ1n) is 11.7. The summed E-state index contributed by atoms with van der Waals surface area (Å²) in [4.78, 5) is 40.6. The van der Waals surface area contributed by atoms with Crippen LogP contribution in [0.5, 0.6) is 0 Å². The number of alkyl halides is 8. The van der Waals surface area contributed by atoms with E-state index in [1.807, 2.05) is 0 Å². The first-order valence-corrected chi connectivity index (χ1v) is 11.7. The van der Waals surface area contributed by atoms with Gasteiger partial charge in [0.15, 0.2) is 11.8 Å². The van der Waals surface area contributed by atoms with Gasteiger partial charge in [-0.3, -0.25) is 14.9 Å². The van der Waals surface area contributed by atoms with Crippen LogP contribution in [0.3, 0.4) is 0 Å². The number of carbonyl (C=O) groups is 3. The lowest BCUT2D eigenvalue weighted by atomic mass is 9.80. The van der Waals surface area contributed by atoms with E-state index in [0.717, 1.165) is 34.1 Å². The SMILES string of the molecule is O=C1CN([C@H]2CC[C@H](C(F)F)CC2)C(=O)C2(CNC2OC(=O)C(F)(F)F)N1Cc1ccc(C(F)(F)F)cc1. The van der Waals surface area contributed by atoms with Gasteiger partial charge in [-0.2, -0.15) is 26.3 Å². The van der Waals surface area contributed by atoms with Crippen molar-refractivity contribution in [2.75, 3.05) is 13.1 Å². The molecule has 3 aliphatic rings. The van der Waals surface area contributed by atoms with Crippen LogP contribution in [0.2, 0.25) is 0 Å². The first-order chi connectivity index (χ1) is 17.6. The van der Waals surface area contributed by atoms with Gasteiger partial charge >= 0.3 is 18.3 Å². The van der Waals surface area contributed by atoms with Crippen LogP contribution in [0.25, 0.3) is 0 Å². The van der Waals surface area contributed by atoms with Crippen LogP contribution in [0.4, 0.5) is 35.1 Å². The summed E-state index contributed by atoms with van der Waals surface area (Å²) >= 11 is 0. The Morgan fingerprint density at radius 1 is 1.03 bits per heavy atom. The van der Waals surface area contributed by atoms with Crippen molar-refractivity contribution in [2.24, 2.45) is 5.92 Å². The van der Waals surface area contributed by atoms with E-state index in [1.165, 1.54) is 0 Å². The quantitative estimate of drug-likeness (QED) is 0.443. The summed E-state index contributed by atoms with van der Waals surface area (Å²) in [5.41, 5.74) is -2.92.